The lowest BCUT2D eigenvalue weighted by molar-refractivity contribution is 0.0898. The monoisotopic (exact) mass is 250 g/mol. The van der Waals surface area contributed by atoms with Crippen molar-refractivity contribution in [3.63, 3.8) is 0 Å². The highest BCUT2D eigenvalue weighted by Gasteiger charge is 1.85. The summed E-state index contributed by atoms with van der Waals surface area (Å²) in [5, 5.41) is 16.5. The van der Waals surface area contributed by atoms with Crippen molar-refractivity contribution >= 4 is 0 Å². The Morgan fingerprint density at radius 2 is 1.12 bits per heavy atom. The second-order valence-electron chi connectivity index (χ2n) is 3.73. The number of hydrogen-bond donors (Lipinski definition) is 2. The molecule has 0 saturated carbocycles. The molecule has 0 aliphatic heterocycles. The van der Waals surface area contributed by atoms with Gasteiger partial charge in [0.25, 0.3) is 0 Å². The molecule has 0 radical (unpaired) electrons. The van der Waals surface area contributed by atoms with E-state index in [0.29, 0.717) is 13.2 Å². The number of rotatable bonds is 11. The standard InChI is InChI=1S/C7H16O2.C6H14O2/c1-2-3-4-6-9-7-5-8;1-2-3-5-8-6-4-7/h8H,2-7H2,1H3;7H,2-6H2,1H3. The minimum atomic E-state index is 0.143. The maximum absolute atomic E-state index is 8.30. The minimum Gasteiger partial charge on any atom is -0.394 e. The third kappa shape index (κ3) is 25.8. The van der Waals surface area contributed by atoms with E-state index in [1.807, 2.05) is 0 Å². The predicted octanol–water partition coefficient (Wildman–Crippen LogP) is 1.98. The van der Waals surface area contributed by atoms with Gasteiger partial charge in [0.2, 0.25) is 0 Å². The molecule has 0 aliphatic carbocycles. The van der Waals surface area contributed by atoms with Crippen LogP contribution in [0.3, 0.4) is 0 Å². The van der Waals surface area contributed by atoms with Gasteiger partial charge in [-0.15, -0.1) is 0 Å². The topological polar surface area (TPSA) is 58.9 Å². The summed E-state index contributed by atoms with van der Waals surface area (Å²) >= 11 is 0. The molecule has 0 saturated heterocycles. The van der Waals surface area contributed by atoms with E-state index < -0.39 is 0 Å². The van der Waals surface area contributed by atoms with Gasteiger partial charge in [0.1, 0.15) is 0 Å². The van der Waals surface area contributed by atoms with Crippen LogP contribution in [0.2, 0.25) is 0 Å². The molecule has 0 atom stereocenters. The first-order valence-corrected chi connectivity index (χ1v) is 6.70. The van der Waals surface area contributed by atoms with Crippen LogP contribution >= 0.6 is 0 Å². The van der Waals surface area contributed by atoms with Crippen molar-refractivity contribution in [3.8, 4) is 0 Å². The quantitative estimate of drug-likeness (QED) is 0.551. The van der Waals surface area contributed by atoms with Crippen LogP contribution in [-0.4, -0.2) is 49.9 Å². The fourth-order valence-electron chi connectivity index (χ4n) is 1.03. The minimum absolute atomic E-state index is 0.143. The smallest absolute Gasteiger partial charge is 0.0697 e. The van der Waals surface area contributed by atoms with Crippen molar-refractivity contribution in [2.75, 3.05) is 39.6 Å². The zero-order chi connectivity index (χ0) is 13.2. The van der Waals surface area contributed by atoms with Gasteiger partial charge in [-0.25, -0.2) is 0 Å². The first kappa shape index (κ1) is 19.2. The van der Waals surface area contributed by atoms with Gasteiger partial charge in [0.15, 0.2) is 0 Å². The van der Waals surface area contributed by atoms with E-state index in [1.54, 1.807) is 0 Å². The predicted molar refractivity (Wildman–Crippen MR) is 70.2 cm³/mol. The molecule has 0 rings (SSSR count). The van der Waals surface area contributed by atoms with Crippen LogP contribution in [0.15, 0.2) is 0 Å². The van der Waals surface area contributed by atoms with E-state index in [0.717, 1.165) is 32.5 Å². The molecule has 0 aromatic rings. The van der Waals surface area contributed by atoms with Crippen LogP contribution < -0.4 is 0 Å². The Hall–Kier alpha value is -0.160. The SMILES string of the molecule is CCCCCOCCO.CCCCOCCO. The first-order chi connectivity index (χ1) is 8.33. The lowest BCUT2D eigenvalue weighted by atomic mass is 10.3. The third-order valence-corrected chi connectivity index (χ3v) is 2.01. The maximum atomic E-state index is 8.30. The first-order valence-electron chi connectivity index (χ1n) is 6.70. The number of aliphatic hydroxyl groups is 2. The van der Waals surface area contributed by atoms with E-state index >= 15 is 0 Å². The highest BCUT2D eigenvalue weighted by Crippen LogP contribution is 1.93. The average Bonchev–Trinajstić information content (AvgIpc) is 2.36. The fourth-order valence-corrected chi connectivity index (χ4v) is 1.03. The summed E-state index contributed by atoms with van der Waals surface area (Å²) in [7, 11) is 0. The summed E-state index contributed by atoms with van der Waals surface area (Å²) in [5.74, 6) is 0. The zero-order valence-corrected chi connectivity index (χ0v) is 11.5. The van der Waals surface area contributed by atoms with E-state index in [9.17, 15) is 0 Å². The third-order valence-electron chi connectivity index (χ3n) is 2.01. The van der Waals surface area contributed by atoms with Gasteiger partial charge in [-0.05, 0) is 12.8 Å². The Balaban J connectivity index is 0. The molecule has 106 valence electrons. The van der Waals surface area contributed by atoms with Gasteiger partial charge in [-0.1, -0.05) is 33.1 Å². The van der Waals surface area contributed by atoms with Crippen LogP contribution in [0.25, 0.3) is 0 Å². The number of aliphatic hydroxyl groups excluding tert-OH is 2. The highest BCUT2D eigenvalue weighted by atomic mass is 16.5. The molecule has 0 aromatic carbocycles. The van der Waals surface area contributed by atoms with Gasteiger partial charge in [0.05, 0.1) is 26.4 Å². The molecule has 0 unspecified atom stereocenters. The van der Waals surface area contributed by atoms with E-state index in [2.05, 4.69) is 13.8 Å². The Bertz CT molecular complexity index is 97.6. The van der Waals surface area contributed by atoms with Crippen molar-refractivity contribution in [1.29, 1.82) is 0 Å². The number of hydrogen-bond acceptors (Lipinski definition) is 4. The van der Waals surface area contributed by atoms with Crippen molar-refractivity contribution in [1.82, 2.24) is 0 Å². The Kier molecular flexibility index (Phi) is 23.9. The molecule has 17 heavy (non-hydrogen) atoms. The van der Waals surface area contributed by atoms with Crippen molar-refractivity contribution in [2.24, 2.45) is 0 Å². The average molecular weight is 250 g/mol. The molecule has 4 nitrogen and oxygen atoms in total. The molecule has 2 N–H and O–H groups in total. The Morgan fingerprint density at radius 1 is 0.647 bits per heavy atom. The van der Waals surface area contributed by atoms with Gasteiger partial charge in [-0.2, -0.15) is 0 Å². The Labute approximate surface area is 106 Å². The molecule has 0 fully saturated rings. The largest absolute Gasteiger partial charge is 0.394 e. The van der Waals surface area contributed by atoms with Crippen LogP contribution in [0.4, 0.5) is 0 Å². The maximum Gasteiger partial charge on any atom is 0.0697 e. The number of ether oxygens (including phenoxy) is 2. The van der Waals surface area contributed by atoms with Crippen LogP contribution in [0, 0.1) is 0 Å². The van der Waals surface area contributed by atoms with E-state index in [-0.39, 0.29) is 13.2 Å². The van der Waals surface area contributed by atoms with Gasteiger partial charge < -0.3 is 19.7 Å². The van der Waals surface area contributed by atoms with Crippen molar-refractivity contribution < 1.29 is 19.7 Å². The van der Waals surface area contributed by atoms with E-state index in [4.69, 9.17) is 19.7 Å². The molecule has 0 aromatic heterocycles. The molecular weight excluding hydrogens is 220 g/mol. The fraction of sp³-hybridized carbons (Fsp3) is 1.00. The molecule has 0 aliphatic rings. The van der Waals surface area contributed by atoms with Crippen LogP contribution in [0.1, 0.15) is 46.0 Å². The summed E-state index contributed by atoms with van der Waals surface area (Å²) in [6.45, 7) is 7.12. The van der Waals surface area contributed by atoms with Crippen LogP contribution in [-0.2, 0) is 9.47 Å². The highest BCUT2D eigenvalue weighted by molar-refractivity contribution is 4.35. The summed E-state index contributed by atoms with van der Waals surface area (Å²) < 4.78 is 10.0. The Morgan fingerprint density at radius 3 is 1.53 bits per heavy atom. The molecule has 0 amide bonds. The van der Waals surface area contributed by atoms with Crippen molar-refractivity contribution in [3.05, 3.63) is 0 Å². The summed E-state index contributed by atoms with van der Waals surface area (Å²) in [6.07, 6.45) is 5.83. The van der Waals surface area contributed by atoms with Gasteiger partial charge >= 0.3 is 0 Å². The van der Waals surface area contributed by atoms with Crippen molar-refractivity contribution in [2.45, 2.75) is 46.0 Å². The van der Waals surface area contributed by atoms with Crippen LogP contribution in [0.5, 0.6) is 0 Å². The molecule has 0 heterocycles. The lowest BCUT2D eigenvalue weighted by Crippen LogP contribution is -2.00. The zero-order valence-electron chi connectivity index (χ0n) is 11.5. The molecule has 0 bridgehead atoms. The number of unbranched alkanes of at least 4 members (excludes halogenated alkanes) is 3. The molecule has 0 spiro atoms. The molecule has 4 heteroatoms. The van der Waals surface area contributed by atoms with E-state index in [1.165, 1.54) is 12.8 Å². The normalized spacial score (nSPS) is 9.88. The van der Waals surface area contributed by atoms with Gasteiger partial charge in [0, 0.05) is 13.2 Å². The summed E-state index contributed by atoms with van der Waals surface area (Å²) in [6, 6.07) is 0. The second kappa shape index (κ2) is 21.2. The summed E-state index contributed by atoms with van der Waals surface area (Å²) in [4.78, 5) is 0. The van der Waals surface area contributed by atoms with Gasteiger partial charge in [-0.3, -0.25) is 0 Å². The summed E-state index contributed by atoms with van der Waals surface area (Å²) in [5.41, 5.74) is 0. The molecular formula is C13H30O4. The lowest BCUT2D eigenvalue weighted by Gasteiger charge is -1.98. The second-order valence-corrected chi connectivity index (χ2v) is 3.73.